The van der Waals surface area contributed by atoms with Gasteiger partial charge in [0, 0.05) is 19.5 Å². The number of hydrogen-bond acceptors (Lipinski definition) is 9. The molecule has 0 atom stereocenters. The number of nitrogens with one attached hydrogen (secondary N) is 1. The number of phenols is 1. The van der Waals surface area contributed by atoms with Gasteiger partial charge in [0.15, 0.2) is 11.5 Å². The van der Waals surface area contributed by atoms with Crippen molar-refractivity contribution in [1.29, 1.82) is 0 Å². The number of carbonyl (C=O) groups is 1. The molecule has 14 heteroatoms. The van der Waals surface area contributed by atoms with E-state index in [-0.39, 0.29) is 97.3 Å². The summed E-state index contributed by atoms with van der Waals surface area (Å²) in [6.45, 7) is 7.18. The predicted octanol–water partition coefficient (Wildman–Crippen LogP) is 2.10. The number of aromatic hydroxyl groups is 1. The average molecular weight is 492 g/mol. The van der Waals surface area contributed by atoms with Crippen molar-refractivity contribution in [3.63, 3.8) is 0 Å². The second-order valence-corrected chi connectivity index (χ2v) is 8.04. The summed E-state index contributed by atoms with van der Waals surface area (Å²) in [4.78, 5) is 34.9. The monoisotopic (exact) mass is 492 g/mol. The SMILES string of the molecule is CCNC(=O)c1noc(-c2cc(C(C)C)c(OP(=O)(O)O)cc2O)c1-c1noc(C)n1.[KH]. The minimum atomic E-state index is -4.86. The molecule has 3 rings (SSSR count). The summed E-state index contributed by atoms with van der Waals surface area (Å²) in [5, 5.41) is 20.8. The Labute approximate surface area is 225 Å². The van der Waals surface area contributed by atoms with Gasteiger partial charge >= 0.3 is 59.2 Å². The Hall–Kier alpha value is -1.57. The number of aryl methyl sites for hydroxylation is 1. The van der Waals surface area contributed by atoms with Crippen molar-refractivity contribution in [3.05, 3.63) is 29.3 Å². The first-order valence-corrected chi connectivity index (χ1v) is 10.8. The van der Waals surface area contributed by atoms with Crippen molar-refractivity contribution in [3.8, 4) is 34.2 Å². The molecule has 12 nitrogen and oxygen atoms in total. The normalized spacial score (nSPS) is 11.3. The molecule has 0 unspecified atom stereocenters. The van der Waals surface area contributed by atoms with Gasteiger partial charge in [-0.1, -0.05) is 24.2 Å². The number of amides is 1. The van der Waals surface area contributed by atoms with E-state index in [1.165, 1.54) is 6.07 Å². The third kappa shape index (κ3) is 5.86. The molecule has 2 heterocycles. The van der Waals surface area contributed by atoms with Crippen molar-refractivity contribution in [2.24, 2.45) is 0 Å². The molecule has 32 heavy (non-hydrogen) atoms. The standard InChI is InChI=1S/C18H21N4O8P.K.H/c1-5-19-18(24)15-14(17-20-9(4)28-22-17)16(29-21-15)11-6-10(8(2)3)13(7-12(11)23)30-31(25,26)27;;/h6-8,23H,5H2,1-4H3,(H,19,24)(H2,25,26,27);;. The third-order valence-electron chi connectivity index (χ3n) is 4.21. The van der Waals surface area contributed by atoms with Crippen molar-refractivity contribution >= 4 is 65.1 Å². The van der Waals surface area contributed by atoms with E-state index in [9.17, 15) is 24.3 Å². The Morgan fingerprint density at radius 3 is 2.47 bits per heavy atom. The van der Waals surface area contributed by atoms with E-state index in [4.69, 9.17) is 13.6 Å². The third-order valence-corrected chi connectivity index (χ3v) is 4.64. The molecule has 0 saturated heterocycles. The number of benzene rings is 1. The van der Waals surface area contributed by atoms with Gasteiger partial charge in [-0.05, 0) is 24.5 Å². The number of nitrogens with zero attached hydrogens (tertiary/aromatic N) is 3. The van der Waals surface area contributed by atoms with E-state index in [0.29, 0.717) is 12.1 Å². The summed E-state index contributed by atoms with van der Waals surface area (Å²) in [7, 11) is -4.86. The van der Waals surface area contributed by atoms with E-state index in [1.807, 2.05) is 0 Å². The van der Waals surface area contributed by atoms with Gasteiger partial charge in [0.2, 0.25) is 11.7 Å². The van der Waals surface area contributed by atoms with Gasteiger partial charge in [-0.15, -0.1) is 0 Å². The molecule has 168 valence electrons. The van der Waals surface area contributed by atoms with Gasteiger partial charge in [-0.3, -0.25) is 14.6 Å². The molecular formula is C18H22KN4O8P. The van der Waals surface area contributed by atoms with E-state index >= 15 is 0 Å². The summed E-state index contributed by atoms with van der Waals surface area (Å²) < 4.78 is 26.4. The topological polar surface area (TPSA) is 181 Å². The van der Waals surface area contributed by atoms with Crippen LogP contribution in [0, 0.1) is 6.92 Å². The Morgan fingerprint density at radius 1 is 1.25 bits per heavy atom. The van der Waals surface area contributed by atoms with Gasteiger partial charge in [0.1, 0.15) is 17.1 Å². The Bertz CT molecular complexity index is 1170. The van der Waals surface area contributed by atoms with Crippen LogP contribution in [0.3, 0.4) is 0 Å². The molecule has 0 saturated carbocycles. The fourth-order valence-corrected chi connectivity index (χ4v) is 3.32. The van der Waals surface area contributed by atoms with Crippen LogP contribution in [0.5, 0.6) is 11.5 Å². The quantitative estimate of drug-likeness (QED) is 0.280. The molecule has 1 aromatic carbocycles. The molecule has 0 spiro atoms. The molecule has 3 aromatic rings. The van der Waals surface area contributed by atoms with Crippen LogP contribution in [0.2, 0.25) is 0 Å². The van der Waals surface area contributed by atoms with Crippen LogP contribution >= 0.6 is 7.82 Å². The number of phosphoric acid groups is 1. The molecule has 0 aliphatic heterocycles. The zero-order chi connectivity index (χ0) is 22.9. The van der Waals surface area contributed by atoms with Crippen LogP contribution in [-0.2, 0) is 4.57 Å². The molecule has 0 aliphatic rings. The summed E-state index contributed by atoms with van der Waals surface area (Å²) in [6.07, 6.45) is 0. The number of hydrogen-bond donors (Lipinski definition) is 4. The number of carbonyl (C=O) groups excluding carboxylic acids is 1. The molecule has 0 bridgehead atoms. The first-order valence-electron chi connectivity index (χ1n) is 9.22. The van der Waals surface area contributed by atoms with E-state index in [1.54, 1.807) is 27.7 Å². The van der Waals surface area contributed by atoms with E-state index in [2.05, 4.69) is 20.6 Å². The number of aromatic nitrogens is 3. The van der Waals surface area contributed by atoms with Gasteiger partial charge in [-0.25, -0.2) is 4.57 Å². The molecule has 0 aliphatic carbocycles. The molecule has 2 aromatic heterocycles. The fraction of sp³-hybridized carbons (Fsp3) is 0.333. The maximum atomic E-state index is 12.5. The van der Waals surface area contributed by atoms with Gasteiger partial charge in [0.05, 0.1) is 5.56 Å². The van der Waals surface area contributed by atoms with Crippen LogP contribution in [0.25, 0.3) is 22.7 Å². The van der Waals surface area contributed by atoms with Gasteiger partial charge < -0.3 is 24.0 Å². The summed E-state index contributed by atoms with van der Waals surface area (Å²) >= 11 is 0. The second kappa shape index (κ2) is 10.6. The van der Waals surface area contributed by atoms with Crippen molar-refractivity contribution < 1.29 is 37.8 Å². The summed E-state index contributed by atoms with van der Waals surface area (Å²) in [5.41, 5.74) is 0.458. The van der Waals surface area contributed by atoms with Gasteiger partial charge in [0.25, 0.3) is 5.91 Å². The zero-order valence-corrected chi connectivity index (χ0v) is 18.0. The summed E-state index contributed by atoms with van der Waals surface area (Å²) in [6, 6.07) is 2.49. The zero-order valence-electron chi connectivity index (χ0n) is 17.1. The van der Waals surface area contributed by atoms with E-state index in [0.717, 1.165) is 6.07 Å². The number of phenolic OH excluding ortho intramolecular Hbond substituents is 1. The van der Waals surface area contributed by atoms with Crippen LogP contribution in [0.15, 0.2) is 21.2 Å². The van der Waals surface area contributed by atoms with Crippen molar-refractivity contribution in [2.75, 3.05) is 6.54 Å². The van der Waals surface area contributed by atoms with Crippen LogP contribution in [0.1, 0.15) is 48.6 Å². The Morgan fingerprint density at radius 2 is 1.94 bits per heavy atom. The van der Waals surface area contributed by atoms with Crippen LogP contribution in [0.4, 0.5) is 0 Å². The Balaban J connectivity index is 0.00000363. The van der Waals surface area contributed by atoms with Crippen LogP contribution in [-0.4, -0.2) is 94.0 Å². The predicted molar refractivity (Wildman–Crippen MR) is 114 cm³/mol. The van der Waals surface area contributed by atoms with Crippen LogP contribution < -0.4 is 9.84 Å². The molecule has 0 radical (unpaired) electrons. The van der Waals surface area contributed by atoms with Crippen molar-refractivity contribution in [1.82, 2.24) is 20.6 Å². The molecule has 0 fully saturated rings. The maximum absolute atomic E-state index is 12.5. The minimum absolute atomic E-state index is 0. The summed E-state index contributed by atoms with van der Waals surface area (Å²) in [5.74, 6) is -1.16. The Kier molecular flexibility index (Phi) is 8.81. The molecule has 1 amide bonds. The first kappa shape index (κ1) is 26.7. The first-order chi connectivity index (χ1) is 14.5. The molecular weight excluding hydrogens is 470 g/mol. The second-order valence-electron chi connectivity index (χ2n) is 6.88. The van der Waals surface area contributed by atoms with Crippen molar-refractivity contribution in [2.45, 2.75) is 33.6 Å². The number of rotatable bonds is 7. The van der Waals surface area contributed by atoms with Gasteiger partial charge in [-0.2, -0.15) is 4.98 Å². The average Bonchev–Trinajstić information content (AvgIpc) is 3.26. The molecule has 4 N–H and O–H groups in total. The fourth-order valence-electron chi connectivity index (χ4n) is 2.91. The van der Waals surface area contributed by atoms with E-state index < -0.39 is 19.5 Å². The number of phosphoric ester groups is 1.